The number of fused-ring (bicyclic) bond motifs is 1. The first-order valence-corrected chi connectivity index (χ1v) is 9.62. The number of carboxylic acids is 1. The molecule has 2 rings (SSSR count). The molecule has 0 bridgehead atoms. The molecule has 0 saturated carbocycles. The van der Waals surface area contributed by atoms with E-state index in [-0.39, 0.29) is 24.7 Å². The summed E-state index contributed by atoms with van der Waals surface area (Å²) in [6, 6.07) is -0.357. The van der Waals surface area contributed by atoms with Crippen LogP contribution >= 0.6 is 0 Å². The molecule has 0 aromatic carbocycles. The number of rotatable bonds is 10. The van der Waals surface area contributed by atoms with Gasteiger partial charge in [0, 0.05) is 13.2 Å². The highest BCUT2D eigenvalue weighted by Gasteiger charge is 2.56. The van der Waals surface area contributed by atoms with E-state index in [2.05, 4.69) is 26.1 Å². The molecule has 7 heteroatoms. The molecule has 0 aromatic heterocycles. The van der Waals surface area contributed by atoms with Crippen LogP contribution in [0.5, 0.6) is 0 Å². The number of ether oxygens (including phenoxy) is 4. The minimum atomic E-state index is -0.865. The molecule has 2 unspecified atom stereocenters. The first kappa shape index (κ1) is 21.6. The Hall–Kier alpha value is -0.730. The van der Waals surface area contributed by atoms with Crippen molar-refractivity contribution in [2.45, 2.75) is 90.3 Å². The third-order valence-corrected chi connectivity index (χ3v) is 5.01. The molecule has 2 N–H and O–H groups in total. The molecule has 26 heavy (non-hydrogen) atoms. The van der Waals surface area contributed by atoms with E-state index in [1.165, 1.54) is 0 Å². The van der Waals surface area contributed by atoms with Crippen LogP contribution in [0.3, 0.4) is 0 Å². The van der Waals surface area contributed by atoms with Crippen LogP contribution in [0.2, 0.25) is 0 Å². The second kappa shape index (κ2) is 8.97. The van der Waals surface area contributed by atoms with Gasteiger partial charge in [-0.2, -0.15) is 0 Å². The summed E-state index contributed by atoms with van der Waals surface area (Å²) in [4.78, 5) is 11.4. The standard InChI is InChI=1S/C19H35NO6/c1-11(2)9-12(3)7-8-20-13(10-14(21)22)15-16(23-6)17-18(24-15)26-19(4,5)25-17/h11-13,15-18,20H,7-10H2,1-6H3,(H,21,22)/t12?,13?,15-,16-,17+,18+/m0/s1. The first-order chi connectivity index (χ1) is 12.1. The van der Waals surface area contributed by atoms with Crippen molar-refractivity contribution in [3.05, 3.63) is 0 Å². The maximum absolute atomic E-state index is 11.4. The third kappa shape index (κ3) is 5.63. The van der Waals surface area contributed by atoms with Gasteiger partial charge in [-0.05, 0) is 45.1 Å². The van der Waals surface area contributed by atoms with E-state index in [9.17, 15) is 9.90 Å². The molecule has 2 heterocycles. The molecule has 2 fully saturated rings. The molecule has 2 aliphatic rings. The molecule has 6 atom stereocenters. The van der Waals surface area contributed by atoms with Gasteiger partial charge >= 0.3 is 5.97 Å². The lowest BCUT2D eigenvalue weighted by molar-refractivity contribution is -0.220. The van der Waals surface area contributed by atoms with E-state index in [0.717, 1.165) is 19.4 Å². The molecule has 0 radical (unpaired) electrons. The number of methoxy groups -OCH3 is 1. The molecule has 7 nitrogen and oxygen atoms in total. The van der Waals surface area contributed by atoms with Crippen LogP contribution in [0.25, 0.3) is 0 Å². The Kier molecular flexibility index (Phi) is 7.44. The molecule has 0 spiro atoms. The van der Waals surface area contributed by atoms with Crippen LogP contribution in [0.1, 0.15) is 53.9 Å². The minimum absolute atomic E-state index is 0.0358. The molecule has 2 aliphatic heterocycles. The lowest BCUT2D eigenvalue weighted by Gasteiger charge is -2.30. The van der Waals surface area contributed by atoms with Crippen molar-refractivity contribution in [1.29, 1.82) is 0 Å². The quantitative estimate of drug-likeness (QED) is 0.608. The Morgan fingerprint density at radius 1 is 1.27 bits per heavy atom. The van der Waals surface area contributed by atoms with Gasteiger partial charge in [0.1, 0.15) is 18.3 Å². The summed E-state index contributed by atoms with van der Waals surface area (Å²) in [5.74, 6) is -0.343. The SMILES string of the molecule is CO[C@@H]1[C@H]2OC(C)(C)O[C@H]2O[C@H]1C(CC(=O)O)NCCC(C)CC(C)C. The Bertz CT molecular complexity index is 469. The Morgan fingerprint density at radius 2 is 1.96 bits per heavy atom. The number of carbonyl (C=O) groups is 1. The summed E-state index contributed by atoms with van der Waals surface area (Å²) in [7, 11) is 1.60. The van der Waals surface area contributed by atoms with Crippen molar-refractivity contribution < 1.29 is 28.8 Å². The lowest BCUT2D eigenvalue weighted by atomic mass is 9.95. The molecule has 0 aromatic rings. The number of aliphatic carboxylic acids is 1. The number of hydrogen-bond acceptors (Lipinski definition) is 6. The molecular formula is C19H35NO6. The van der Waals surface area contributed by atoms with Crippen molar-refractivity contribution >= 4 is 5.97 Å². The van der Waals surface area contributed by atoms with Gasteiger partial charge in [0.05, 0.1) is 6.42 Å². The average molecular weight is 373 g/mol. The highest BCUT2D eigenvalue weighted by atomic mass is 16.8. The normalized spacial score (nSPS) is 32.6. The molecule has 152 valence electrons. The predicted molar refractivity (Wildman–Crippen MR) is 96.8 cm³/mol. The zero-order valence-corrected chi connectivity index (χ0v) is 16.9. The van der Waals surface area contributed by atoms with E-state index < -0.39 is 24.2 Å². The zero-order valence-electron chi connectivity index (χ0n) is 16.9. The van der Waals surface area contributed by atoms with Gasteiger partial charge < -0.3 is 29.4 Å². The van der Waals surface area contributed by atoms with Crippen molar-refractivity contribution in [2.24, 2.45) is 11.8 Å². The largest absolute Gasteiger partial charge is 0.481 e. The average Bonchev–Trinajstić information content (AvgIpc) is 2.96. The van der Waals surface area contributed by atoms with Gasteiger partial charge in [0.25, 0.3) is 0 Å². The van der Waals surface area contributed by atoms with E-state index >= 15 is 0 Å². The highest BCUT2D eigenvalue weighted by Crippen LogP contribution is 2.39. The number of hydrogen-bond donors (Lipinski definition) is 2. The van der Waals surface area contributed by atoms with Crippen LogP contribution in [0.15, 0.2) is 0 Å². The summed E-state index contributed by atoms with van der Waals surface area (Å²) in [5.41, 5.74) is 0. The topological polar surface area (TPSA) is 86.2 Å². The Morgan fingerprint density at radius 3 is 2.54 bits per heavy atom. The van der Waals surface area contributed by atoms with Gasteiger partial charge in [-0.3, -0.25) is 4.79 Å². The fourth-order valence-electron chi connectivity index (χ4n) is 4.03. The number of nitrogens with one attached hydrogen (secondary N) is 1. The van der Waals surface area contributed by atoms with Crippen LogP contribution in [-0.4, -0.2) is 61.2 Å². The Labute approximate surface area is 156 Å². The first-order valence-electron chi connectivity index (χ1n) is 9.62. The molecule has 0 amide bonds. The van der Waals surface area contributed by atoms with Crippen LogP contribution < -0.4 is 5.32 Å². The second-order valence-corrected chi connectivity index (χ2v) is 8.45. The summed E-state index contributed by atoms with van der Waals surface area (Å²) < 4.78 is 23.3. The monoisotopic (exact) mass is 373 g/mol. The predicted octanol–water partition coefficient (Wildman–Crippen LogP) is 2.38. The maximum atomic E-state index is 11.4. The molecule has 2 saturated heterocycles. The van der Waals surface area contributed by atoms with Gasteiger partial charge in [0.15, 0.2) is 12.1 Å². The lowest BCUT2D eigenvalue weighted by Crippen LogP contribution is -2.49. The van der Waals surface area contributed by atoms with E-state index in [0.29, 0.717) is 11.8 Å². The molecule has 0 aliphatic carbocycles. The summed E-state index contributed by atoms with van der Waals surface area (Å²) in [5, 5.41) is 12.7. The van der Waals surface area contributed by atoms with Gasteiger partial charge in [0.2, 0.25) is 0 Å². The maximum Gasteiger partial charge on any atom is 0.305 e. The van der Waals surface area contributed by atoms with Crippen LogP contribution in [0, 0.1) is 11.8 Å². The second-order valence-electron chi connectivity index (χ2n) is 8.45. The van der Waals surface area contributed by atoms with Crippen molar-refractivity contribution in [3.63, 3.8) is 0 Å². The fraction of sp³-hybridized carbons (Fsp3) is 0.947. The summed E-state index contributed by atoms with van der Waals surface area (Å²) in [6.45, 7) is 11.1. The van der Waals surface area contributed by atoms with Crippen LogP contribution in [0.4, 0.5) is 0 Å². The number of carboxylic acid groups (broad SMARTS) is 1. The van der Waals surface area contributed by atoms with E-state index in [4.69, 9.17) is 18.9 Å². The van der Waals surface area contributed by atoms with Gasteiger partial charge in [-0.25, -0.2) is 0 Å². The summed E-state index contributed by atoms with van der Waals surface area (Å²) in [6.07, 6.45) is 0.440. The van der Waals surface area contributed by atoms with Crippen LogP contribution in [-0.2, 0) is 23.7 Å². The zero-order chi connectivity index (χ0) is 19.5. The van der Waals surface area contributed by atoms with Crippen molar-refractivity contribution in [2.75, 3.05) is 13.7 Å². The minimum Gasteiger partial charge on any atom is -0.481 e. The smallest absolute Gasteiger partial charge is 0.305 e. The van der Waals surface area contributed by atoms with Gasteiger partial charge in [-0.15, -0.1) is 0 Å². The van der Waals surface area contributed by atoms with Gasteiger partial charge in [-0.1, -0.05) is 20.8 Å². The fourth-order valence-corrected chi connectivity index (χ4v) is 4.03. The van der Waals surface area contributed by atoms with Crippen molar-refractivity contribution in [3.8, 4) is 0 Å². The molecular weight excluding hydrogens is 338 g/mol. The Balaban J connectivity index is 1.97. The van der Waals surface area contributed by atoms with E-state index in [1.54, 1.807) is 7.11 Å². The van der Waals surface area contributed by atoms with Crippen molar-refractivity contribution in [1.82, 2.24) is 5.32 Å². The highest BCUT2D eigenvalue weighted by molar-refractivity contribution is 5.67. The third-order valence-electron chi connectivity index (χ3n) is 5.01. The summed E-state index contributed by atoms with van der Waals surface area (Å²) >= 11 is 0. The van der Waals surface area contributed by atoms with E-state index in [1.807, 2.05) is 13.8 Å².